The molecule has 0 fully saturated rings. The van der Waals surface area contributed by atoms with E-state index >= 15 is 0 Å². The first-order valence-electron chi connectivity index (χ1n) is 8.38. The summed E-state index contributed by atoms with van der Waals surface area (Å²) in [4.78, 5) is 12.4. The molecule has 1 aromatic heterocycles. The highest BCUT2D eigenvalue weighted by atomic mass is 79.9. The maximum atomic E-state index is 12.4. The Kier molecular flexibility index (Phi) is 5.23. The molecule has 2 N–H and O–H groups in total. The summed E-state index contributed by atoms with van der Waals surface area (Å²) in [5.74, 6) is 0. The molecule has 2 unspecified atom stereocenters. The number of aryl methyl sites for hydroxylation is 2. The van der Waals surface area contributed by atoms with Crippen LogP contribution in [0.2, 0.25) is 0 Å². The zero-order chi connectivity index (χ0) is 17.1. The van der Waals surface area contributed by atoms with Crippen molar-refractivity contribution in [1.29, 1.82) is 0 Å². The fourth-order valence-corrected chi connectivity index (χ4v) is 3.64. The number of amides is 2. The Bertz CT molecular complexity index is 728. The lowest BCUT2D eigenvalue weighted by Gasteiger charge is -2.21. The number of aromatic nitrogens is 2. The zero-order valence-electron chi connectivity index (χ0n) is 14.1. The van der Waals surface area contributed by atoms with Crippen molar-refractivity contribution in [2.45, 2.75) is 44.7 Å². The summed E-state index contributed by atoms with van der Waals surface area (Å²) in [7, 11) is 1.87. The smallest absolute Gasteiger partial charge is 0.315 e. The lowest BCUT2D eigenvalue weighted by atomic mass is 9.99. The Morgan fingerprint density at radius 3 is 2.96 bits per heavy atom. The summed E-state index contributed by atoms with van der Waals surface area (Å²) in [6.45, 7) is 1.94. The molecule has 0 bridgehead atoms. The van der Waals surface area contributed by atoms with Gasteiger partial charge in [-0.15, -0.1) is 0 Å². The molecule has 128 valence electrons. The molecule has 5 nitrogen and oxygen atoms in total. The van der Waals surface area contributed by atoms with Gasteiger partial charge in [0.25, 0.3) is 0 Å². The van der Waals surface area contributed by atoms with Crippen LogP contribution in [0.5, 0.6) is 0 Å². The molecule has 2 atom stereocenters. The van der Waals surface area contributed by atoms with Gasteiger partial charge in [-0.2, -0.15) is 5.10 Å². The van der Waals surface area contributed by atoms with E-state index in [-0.39, 0.29) is 18.1 Å². The molecular formula is C18H23BrN4O. The van der Waals surface area contributed by atoms with Crippen molar-refractivity contribution >= 4 is 22.0 Å². The minimum absolute atomic E-state index is 0.0616. The van der Waals surface area contributed by atoms with Crippen molar-refractivity contribution in [3.8, 4) is 0 Å². The predicted octanol–water partition coefficient (Wildman–Crippen LogP) is 4.01. The topological polar surface area (TPSA) is 59.0 Å². The number of hydrogen-bond donors (Lipinski definition) is 2. The molecule has 0 saturated carbocycles. The van der Waals surface area contributed by atoms with Crippen molar-refractivity contribution in [3.05, 3.63) is 51.8 Å². The molecule has 0 radical (unpaired) electrons. The van der Waals surface area contributed by atoms with Crippen LogP contribution in [-0.2, 0) is 13.5 Å². The van der Waals surface area contributed by atoms with E-state index in [9.17, 15) is 4.79 Å². The third-order valence-corrected chi connectivity index (χ3v) is 4.99. The number of nitrogens with zero attached hydrogens (tertiary/aromatic N) is 2. The first kappa shape index (κ1) is 17.0. The highest BCUT2D eigenvalue weighted by Gasteiger charge is 2.21. The Balaban J connectivity index is 1.68. The lowest BCUT2D eigenvalue weighted by molar-refractivity contribution is 0.233. The second kappa shape index (κ2) is 7.38. The molecule has 2 aromatic rings. The number of halogens is 1. The highest BCUT2D eigenvalue weighted by molar-refractivity contribution is 9.10. The maximum Gasteiger partial charge on any atom is 0.315 e. The van der Waals surface area contributed by atoms with Crippen LogP contribution in [-0.4, -0.2) is 15.8 Å². The molecule has 0 aliphatic heterocycles. The average molecular weight is 391 g/mol. The second-order valence-electron chi connectivity index (χ2n) is 6.40. The highest BCUT2D eigenvalue weighted by Crippen LogP contribution is 2.30. The number of hydrogen-bond acceptors (Lipinski definition) is 2. The van der Waals surface area contributed by atoms with Crippen LogP contribution in [0.1, 0.15) is 55.1 Å². The zero-order valence-corrected chi connectivity index (χ0v) is 15.6. The summed E-state index contributed by atoms with van der Waals surface area (Å²) in [6.07, 6.45) is 6.20. The summed E-state index contributed by atoms with van der Waals surface area (Å²) < 4.78 is 2.83. The Labute approximate surface area is 151 Å². The van der Waals surface area contributed by atoms with E-state index in [4.69, 9.17) is 0 Å². The number of fused-ring (bicyclic) bond motifs is 1. The van der Waals surface area contributed by atoms with E-state index in [1.54, 1.807) is 4.68 Å². The van der Waals surface area contributed by atoms with Gasteiger partial charge >= 0.3 is 6.03 Å². The average Bonchev–Trinajstić information content (AvgIpc) is 2.88. The van der Waals surface area contributed by atoms with E-state index in [0.29, 0.717) is 0 Å². The van der Waals surface area contributed by atoms with Crippen LogP contribution in [0.15, 0.2) is 34.9 Å². The summed E-state index contributed by atoms with van der Waals surface area (Å²) >= 11 is 3.54. The molecule has 1 heterocycles. The van der Waals surface area contributed by atoms with Gasteiger partial charge < -0.3 is 10.6 Å². The van der Waals surface area contributed by atoms with Gasteiger partial charge in [-0.05, 0) is 55.5 Å². The van der Waals surface area contributed by atoms with Crippen molar-refractivity contribution in [1.82, 2.24) is 20.4 Å². The van der Waals surface area contributed by atoms with Crippen molar-refractivity contribution < 1.29 is 4.79 Å². The van der Waals surface area contributed by atoms with Crippen LogP contribution in [0.4, 0.5) is 4.79 Å². The van der Waals surface area contributed by atoms with E-state index < -0.39 is 0 Å². The van der Waals surface area contributed by atoms with Crippen LogP contribution in [0.25, 0.3) is 0 Å². The third-order valence-electron chi connectivity index (χ3n) is 4.50. The quantitative estimate of drug-likeness (QED) is 0.777. The van der Waals surface area contributed by atoms with Gasteiger partial charge in [-0.25, -0.2) is 4.79 Å². The normalized spacial score (nSPS) is 18.4. The van der Waals surface area contributed by atoms with Gasteiger partial charge in [-0.3, -0.25) is 4.68 Å². The minimum Gasteiger partial charge on any atom is -0.331 e. The van der Waals surface area contributed by atoms with Gasteiger partial charge in [-0.1, -0.05) is 28.4 Å². The molecule has 6 heteroatoms. The fourth-order valence-electron chi connectivity index (χ4n) is 3.23. The number of nitrogens with one attached hydrogen (secondary N) is 2. The molecular weight excluding hydrogens is 368 g/mol. The summed E-state index contributed by atoms with van der Waals surface area (Å²) in [5, 5.41) is 10.5. The van der Waals surface area contributed by atoms with Crippen LogP contribution >= 0.6 is 15.9 Å². The van der Waals surface area contributed by atoms with Gasteiger partial charge in [0.05, 0.1) is 17.8 Å². The number of rotatable bonds is 3. The van der Waals surface area contributed by atoms with Crippen molar-refractivity contribution in [2.75, 3.05) is 0 Å². The number of carbonyl (C=O) groups is 1. The third kappa shape index (κ3) is 3.98. The Hall–Kier alpha value is -1.82. The number of urea groups is 1. The number of benzene rings is 1. The van der Waals surface area contributed by atoms with Crippen LogP contribution in [0.3, 0.4) is 0 Å². The molecule has 1 aliphatic carbocycles. The first-order chi connectivity index (χ1) is 11.5. The minimum atomic E-state index is -0.145. The Morgan fingerprint density at radius 2 is 2.21 bits per heavy atom. The SMILES string of the molecule is CC(NC(=O)NC1CCCCc2cc(Br)ccc21)c1ccn(C)n1. The van der Waals surface area contributed by atoms with E-state index in [1.165, 1.54) is 11.1 Å². The molecule has 0 saturated heterocycles. The molecule has 1 aliphatic rings. The molecule has 24 heavy (non-hydrogen) atoms. The number of carbonyl (C=O) groups excluding carboxylic acids is 1. The standard InChI is InChI=1S/C18H23BrN4O/c1-12(16-9-10-23(2)22-16)20-18(24)21-17-6-4-3-5-13-11-14(19)7-8-15(13)17/h7-12,17H,3-6H2,1-2H3,(H2,20,21,24). The van der Waals surface area contributed by atoms with Gasteiger partial charge in [0.15, 0.2) is 0 Å². The Morgan fingerprint density at radius 1 is 1.38 bits per heavy atom. The molecule has 0 spiro atoms. The first-order valence-corrected chi connectivity index (χ1v) is 9.17. The fraction of sp³-hybridized carbons (Fsp3) is 0.444. The van der Waals surface area contributed by atoms with Crippen LogP contribution in [0, 0.1) is 0 Å². The maximum absolute atomic E-state index is 12.4. The largest absolute Gasteiger partial charge is 0.331 e. The lowest BCUT2D eigenvalue weighted by Crippen LogP contribution is -2.39. The van der Waals surface area contributed by atoms with E-state index in [1.807, 2.05) is 32.3 Å². The molecule has 1 aromatic carbocycles. The molecule has 2 amide bonds. The summed E-state index contributed by atoms with van der Waals surface area (Å²) in [5.41, 5.74) is 3.42. The van der Waals surface area contributed by atoms with E-state index in [0.717, 1.165) is 35.8 Å². The van der Waals surface area contributed by atoms with Gasteiger partial charge in [0.2, 0.25) is 0 Å². The van der Waals surface area contributed by atoms with E-state index in [2.05, 4.69) is 43.8 Å². The second-order valence-corrected chi connectivity index (χ2v) is 7.31. The monoisotopic (exact) mass is 390 g/mol. The van der Waals surface area contributed by atoms with Crippen LogP contribution < -0.4 is 10.6 Å². The van der Waals surface area contributed by atoms with Crippen molar-refractivity contribution in [3.63, 3.8) is 0 Å². The van der Waals surface area contributed by atoms with Gasteiger partial charge in [0, 0.05) is 17.7 Å². The molecule has 3 rings (SSSR count). The predicted molar refractivity (Wildman–Crippen MR) is 97.7 cm³/mol. The summed E-state index contributed by atoms with van der Waals surface area (Å²) in [6, 6.07) is 8.06. The van der Waals surface area contributed by atoms with Crippen molar-refractivity contribution in [2.24, 2.45) is 7.05 Å². The van der Waals surface area contributed by atoms with Gasteiger partial charge in [0.1, 0.15) is 0 Å².